The van der Waals surface area contributed by atoms with E-state index in [1.54, 1.807) is 11.8 Å². The van der Waals surface area contributed by atoms with E-state index in [-0.39, 0.29) is 29.7 Å². The standard InChI is InChI=1S/C15H23NO2S/c1-4-13(12-8-6-5-7-9-12)15(18)16-11(2)14(10-17)19-3/h5-9,11,13-14,17H,4,10H2,1-3H3,(H,16,18). The van der Waals surface area contributed by atoms with Gasteiger partial charge in [0.05, 0.1) is 12.5 Å². The first kappa shape index (κ1) is 16.1. The number of carbonyl (C=O) groups excluding carboxylic acids is 1. The molecular formula is C15H23NO2S. The van der Waals surface area contributed by atoms with Gasteiger partial charge in [-0.3, -0.25) is 4.79 Å². The zero-order valence-corrected chi connectivity index (χ0v) is 12.6. The maximum atomic E-state index is 12.3. The number of aliphatic hydroxyl groups is 1. The van der Waals surface area contributed by atoms with E-state index in [0.29, 0.717) is 0 Å². The summed E-state index contributed by atoms with van der Waals surface area (Å²) >= 11 is 1.57. The van der Waals surface area contributed by atoms with Gasteiger partial charge in [-0.25, -0.2) is 0 Å². The highest BCUT2D eigenvalue weighted by molar-refractivity contribution is 7.99. The SMILES string of the molecule is CCC(C(=O)NC(C)C(CO)SC)c1ccccc1. The minimum absolute atomic E-state index is 0.0358. The van der Waals surface area contributed by atoms with Crippen LogP contribution in [0, 0.1) is 0 Å². The molecule has 0 radical (unpaired) electrons. The van der Waals surface area contributed by atoms with Crippen molar-refractivity contribution < 1.29 is 9.90 Å². The molecule has 0 aliphatic rings. The van der Waals surface area contributed by atoms with Crippen LogP contribution >= 0.6 is 11.8 Å². The summed E-state index contributed by atoms with van der Waals surface area (Å²) in [5.74, 6) is -0.0847. The highest BCUT2D eigenvalue weighted by Crippen LogP contribution is 2.20. The predicted molar refractivity (Wildman–Crippen MR) is 81.5 cm³/mol. The van der Waals surface area contributed by atoms with Crippen molar-refractivity contribution in [3.8, 4) is 0 Å². The number of carbonyl (C=O) groups is 1. The van der Waals surface area contributed by atoms with Gasteiger partial charge in [0.1, 0.15) is 0 Å². The minimum atomic E-state index is -0.121. The van der Waals surface area contributed by atoms with Crippen LogP contribution in [0.2, 0.25) is 0 Å². The molecule has 0 fully saturated rings. The first-order valence-corrected chi connectivity index (χ1v) is 7.91. The van der Waals surface area contributed by atoms with E-state index >= 15 is 0 Å². The maximum absolute atomic E-state index is 12.3. The van der Waals surface area contributed by atoms with E-state index in [2.05, 4.69) is 5.32 Å². The quantitative estimate of drug-likeness (QED) is 0.807. The molecule has 1 rings (SSSR count). The molecule has 106 valence electrons. The smallest absolute Gasteiger partial charge is 0.227 e. The highest BCUT2D eigenvalue weighted by atomic mass is 32.2. The van der Waals surface area contributed by atoms with Crippen molar-refractivity contribution in [2.24, 2.45) is 0 Å². The third-order valence-corrected chi connectivity index (χ3v) is 4.50. The van der Waals surface area contributed by atoms with Crippen molar-refractivity contribution in [3.63, 3.8) is 0 Å². The Morgan fingerprint density at radius 1 is 1.37 bits per heavy atom. The van der Waals surface area contributed by atoms with E-state index in [9.17, 15) is 9.90 Å². The molecular weight excluding hydrogens is 258 g/mol. The summed E-state index contributed by atoms with van der Waals surface area (Å²) in [4.78, 5) is 12.3. The second kappa shape index (κ2) is 8.23. The molecule has 0 saturated heterocycles. The van der Waals surface area contributed by atoms with Crippen LogP contribution in [0.3, 0.4) is 0 Å². The molecule has 1 aromatic carbocycles. The van der Waals surface area contributed by atoms with Gasteiger partial charge in [-0.15, -0.1) is 0 Å². The van der Waals surface area contributed by atoms with Gasteiger partial charge in [0.15, 0.2) is 0 Å². The normalized spacial score (nSPS) is 15.6. The number of benzene rings is 1. The van der Waals surface area contributed by atoms with Crippen LogP contribution in [0.25, 0.3) is 0 Å². The van der Waals surface area contributed by atoms with Crippen LogP contribution in [-0.4, -0.2) is 35.2 Å². The summed E-state index contributed by atoms with van der Waals surface area (Å²) in [5, 5.41) is 12.3. The van der Waals surface area contributed by atoms with Crippen LogP contribution in [0.4, 0.5) is 0 Å². The number of hydrogen-bond acceptors (Lipinski definition) is 3. The van der Waals surface area contributed by atoms with Gasteiger partial charge in [0.25, 0.3) is 0 Å². The molecule has 0 bridgehead atoms. The first-order valence-electron chi connectivity index (χ1n) is 6.63. The molecule has 19 heavy (non-hydrogen) atoms. The Balaban J connectivity index is 2.70. The monoisotopic (exact) mass is 281 g/mol. The van der Waals surface area contributed by atoms with Gasteiger partial charge in [0.2, 0.25) is 5.91 Å². The van der Waals surface area contributed by atoms with E-state index in [4.69, 9.17) is 0 Å². The van der Waals surface area contributed by atoms with Gasteiger partial charge >= 0.3 is 0 Å². The molecule has 0 aromatic heterocycles. The molecule has 1 aromatic rings. The number of rotatable bonds is 7. The zero-order chi connectivity index (χ0) is 14.3. The predicted octanol–water partition coefficient (Wildman–Crippen LogP) is 2.41. The van der Waals surface area contributed by atoms with Crippen LogP contribution in [0.1, 0.15) is 31.7 Å². The van der Waals surface area contributed by atoms with E-state index in [1.807, 2.05) is 50.4 Å². The molecule has 0 aliphatic carbocycles. The van der Waals surface area contributed by atoms with Gasteiger partial charge < -0.3 is 10.4 Å². The molecule has 0 aliphatic heterocycles. The highest BCUT2D eigenvalue weighted by Gasteiger charge is 2.23. The van der Waals surface area contributed by atoms with Crippen LogP contribution in [0.15, 0.2) is 30.3 Å². The molecule has 0 spiro atoms. The molecule has 4 heteroatoms. The van der Waals surface area contributed by atoms with Crippen molar-refractivity contribution >= 4 is 17.7 Å². The lowest BCUT2D eigenvalue weighted by Crippen LogP contribution is -2.43. The van der Waals surface area contributed by atoms with Crippen molar-refractivity contribution in [2.45, 2.75) is 37.5 Å². The molecule has 3 atom stereocenters. The largest absolute Gasteiger partial charge is 0.395 e. The maximum Gasteiger partial charge on any atom is 0.227 e. The number of hydrogen-bond donors (Lipinski definition) is 2. The fraction of sp³-hybridized carbons (Fsp3) is 0.533. The Kier molecular flexibility index (Phi) is 6.95. The Morgan fingerprint density at radius 2 is 2.00 bits per heavy atom. The Hall–Kier alpha value is -1.00. The molecule has 3 nitrogen and oxygen atoms in total. The molecule has 0 saturated carbocycles. The Bertz CT molecular complexity index is 379. The Labute approximate surface area is 119 Å². The van der Waals surface area contributed by atoms with Crippen LogP contribution in [-0.2, 0) is 4.79 Å². The summed E-state index contributed by atoms with van der Waals surface area (Å²) in [5.41, 5.74) is 1.04. The van der Waals surface area contributed by atoms with Crippen molar-refractivity contribution in [2.75, 3.05) is 12.9 Å². The average molecular weight is 281 g/mol. The molecule has 2 N–H and O–H groups in total. The van der Waals surface area contributed by atoms with Crippen molar-refractivity contribution in [1.82, 2.24) is 5.32 Å². The van der Waals surface area contributed by atoms with E-state index < -0.39 is 0 Å². The van der Waals surface area contributed by atoms with Gasteiger partial charge in [-0.2, -0.15) is 11.8 Å². The van der Waals surface area contributed by atoms with Gasteiger partial charge in [-0.1, -0.05) is 37.3 Å². The first-order chi connectivity index (χ1) is 9.13. The summed E-state index contributed by atoms with van der Waals surface area (Å²) in [7, 11) is 0. The zero-order valence-electron chi connectivity index (χ0n) is 11.8. The summed E-state index contributed by atoms with van der Waals surface area (Å²) in [6.07, 6.45) is 2.71. The van der Waals surface area contributed by atoms with Gasteiger partial charge in [0, 0.05) is 11.3 Å². The van der Waals surface area contributed by atoms with Crippen molar-refractivity contribution in [1.29, 1.82) is 0 Å². The van der Waals surface area contributed by atoms with E-state index in [0.717, 1.165) is 12.0 Å². The Morgan fingerprint density at radius 3 is 2.47 bits per heavy atom. The van der Waals surface area contributed by atoms with Crippen LogP contribution in [0.5, 0.6) is 0 Å². The lowest BCUT2D eigenvalue weighted by molar-refractivity contribution is -0.123. The summed E-state index contributed by atoms with van der Waals surface area (Å²) in [6, 6.07) is 9.78. The molecule has 0 heterocycles. The summed E-state index contributed by atoms with van der Waals surface area (Å²) < 4.78 is 0. The van der Waals surface area contributed by atoms with Crippen LogP contribution < -0.4 is 5.32 Å². The third-order valence-electron chi connectivity index (χ3n) is 3.34. The van der Waals surface area contributed by atoms with Crippen molar-refractivity contribution in [3.05, 3.63) is 35.9 Å². The fourth-order valence-corrected chi connectivity index (χ4v) is 2.74. The second-order valence-electron chi connectivity index (χ2n) is 4.63. The molecule has 3 unspecified atom stereocenters. The topological polar surface area (TPSA) is 49.3 Å². The second-order valence-corrected chi connectivity index (χ2v) is 5.70. The minimum Gasteiger partial charge on any atom is -0.395 e. The lowest BCUT2D eigenvalue weighted by Gasteiger charge is -2.24. The lowest BCUT2D eigenvalue weighted by atomic mass is 9.95. The third kappa shape index (κ3) is 4.55. The average Bonchev–Trinajstić information content (AvgIpc) is 2.42. The number of nitrogens with one attached hydrogen (secondary N) is 1. The number of amides is 1. The number of thioether (sulfide) groups is 1. The van der Waals surface area contributed by atoms with Gasteiger partial charge in [-0.05, 0) is 25.2 Å². The summed E-state index contributed by atoms with van der Waals surface area (Å²) in [6.45, 7) is 4.03. The fourth-order valence-electron chi connectivity index (χ4n) is 2.11. The number of aliphatic hydroxyl groups excluding tert-OH is 1. The van der Waals surface area contributed by atoms with E-state index in [1.165, 1.54) is 0 Å². The molecule has 1 amide bonds.